The number of rotatable bonds is 4. The van der Waals surface area contributed by atoms with E-state index in [0.29, 0.717) is 32.6 Å². The van der Waals surface area contributed by atoms with Crippen molar-refractivity contribution in [2.45, 2.75) is 32.0 Å². The molecular formula is C26H21Br2Cl2NO2. The maximum atomic E-state index is 12.2. The number of nitrogens with zero attached hydrogens (tertiary/aromatic N) is 1. The van der Waals surface area contributed by atoms with E-state index in [2.05, 4.69) is 31.9 Å². The van der Waals surface area contributed by atoms with Crippen LogP contribution in [-0.4, -0.2) is 15.7 Å². The van der Waals surface area contributed by atoms with Crippen LogP contribution in [0.5, 0.6) is 5.88 Å². The minimum atomic E-state index is -1.45. The normalized spacial score (nSPS) is 12.2. The summed E-state index contributed by atoms with van der Waals surface area (Å²) >= 11 is 19.6. The quantitative estimate of drug-likeness (QED) is 0.236. The fourth-order valence-electron chi connectivity index (χ4n) is 3.68. The smallest absolute Gasteiger partial charge is 0.215 e. The molecule has 0 radical (unpaired) electrons. The number of halogens is 4. The number of pyridine rings is 1. The molecule has 0 aliphatic rings. The van der Waals surface area contributed by atoms with E-state index in [1.165, 1.54) is 0 Å². The van der Waals surface area contributed by atoms with E-state index in [4.69, 9.17) is 32.9 Å². The van der Waals surface area contributed by atoms with Gasteiger partial charge in [-0.3, -0.25) is 0 Å². The van der Waals surface area contributed by atoms with Crippen molar-refractivity contribution in [1.29, 1.82) is 0 Å². The number of aliphatic hydroxyl groups is 1. The molecule has 0 bridgehead atoms. The van der Waals surface area contributed by atoms with Crippen molar-refractivity contribution in [2.75, 3.05) is 0 Å². The summed E-state index contributed by atoms with van der Waals surface area (Å²) in [6.07, 6.45) is 0. The Balaban J connectivity index is 1.95. The molecule has 7 heteroatoms. The summed E-state index contributed by atoms with van der Waals surface area (Å²) in [5, 5.41) is 14.2. The van der Waals surface area contributed by atoms with Crippen LogP contribution in [0.2, 0.25) is 10.0 Å². The summed E-state index contributed by atoms with van der Waals surface area (Å²) in [7, 11) is 0. The van der Waals surface area contributed by atoms with E-state index in [9.17, 15) is 5.11 Å². The molecule has 0 unspecified atom stereocenters. The number of aromatic nitrogens is 1. The summed E-state index contributed by atoms with van der Waals surface area (Å²) in [6.45, 7) is 5.93. The van der Waals surface area contributed by atoms with E-state index in [1.807, 2.05) is 63.2 Å². The zero-order valence-corrected chi connectivity index (χ0v) is 22.8. The molecule has 0 atom stereocenters. The van der Waals surface area contributed by atoms with Gasteiger partial charge in [0, 0.05) is 30.4 Å². The second-order valence-corrected chi connectivity index (χ2v) is 11.3. The van der Waals surface area contributed by atoms with Gasteiger partial charge < -0.3 is 9.84 Å². The van der Waals surface area contributed by atoms with Gasteiger partial charge in [-0.25, -0.2) is 4.98 Å². The fraction of sp³-hybridized carbons (Fsp3) is 0.192. The molecule has 0 amide bonds. The van der Waals surface area contributed by atoms with Crippen LogP contribution in [0.1, 0.15) is 37.5 Å². The van der Waals surface area contributed by atoms with Crippen LogP contribution in [0.4, 0.5) is 0 Å². The molecule has 4 rings (SSSR count). The molecule has 0 spiro atoms. The van der Waals surface area contributed by atoms with Gasteiger partial charge in [-0.15, -0.1) is 0 Å². The lowest BCUT2D eigenvalue weighted by Gasteiger charge is -2.31. The van der Waals surface area contributed by atoms with Crippen LogP contribution in [0.15, 0.2) is 75.7 Å². The minimum Gasteiger partial charge on any atom is -0.472 e. The first-order valence-electron chi connectivity index (χ1n) is 10.2. The largest absolute Gasteiger partial charge is 0.472 e. The van der Waals surface area contributed by atoms with Crippen LogP contribution in [0, 0.1) is 0 Å². The Bertz CT molecular complexity index is 1270. The standard InChI is InChI=1S/C26H21Br2Cl2NO2/c1-25(2,3)33-23-14-21(27)20-12-17(13-22(28)24(20)31-23)26(32,15-4-8-18(29)9-5-15)16-6-10-19(30)11-7-16/h4-14,32H,1-3H3. The summed E-state index contributed by atoms with van der Waals surface area (Å²) in [5.74, 6) is 0.515. The number of hydrogen-bond donors (Lipinski definition) is 1. The zero-order chi connectivity index (χ0) is 24.0. The highest BCUT2D eigenvalue weighted by Gasteiger charge is 2.35. The van der Waals surface area contributed by atoms with Crippen molar-refractivity contribution in [3.63, 3.8) is 0 Å². The highest BCUT2D eigenvalue weighted by Crippen LogP contribution is 2.42. The maximum absolute atomic E-state index is 12.2. The minimum absolute atomic E-state index is 0.379. The number of fused-ring (bicyclic) bond motifs is 1. The Labute approximate surface area is 220 Å². The lowest BCUT2D eigenvalue weighted by Crippen LogP contribution is -2.29. The zero-order valence-electron chi connectivity index (χ0n) is 18.2. The molecule has 1 aromatic heterocycles. The van der Waals surface area contributed by atoms with E-state index in [-0.39, 0.29) is 5.60 Å². The van der Waals surface area contributed by atoms with Gasteiger partial charge in [0.25, 0.3) is 0 Å². The molecule has 0 aliphatic heterocycles. The Hall–Kier alpha value is -1.63. The van der Waals surface area contributed by atoms with Gasteiger partial charge in [0.05, 0.1) is 5.52 Å². The van der Waals surface area contributed by atoms with Crippen molar-refractivity contribution < 1.29 is 9.84 Å². The highest BCUT2D eigenvalue weighted by molar-refractivity contribution is 9.11. The predicted molar refractivity (Wildman–Crippen MR) is 143 cm³/mol. The van der Waals surface area contributed by atoms with Gasteiger partial charge in [-0.1, -0.05) is 47.5 Å². The molecule has 0 saturated carbocycles. The van der Waals surface area contributed by atoms with Crippen LogP contribution in [0.3, 0.4) is 0 Å². The molecule has 1 N–H and O–H groups in total. The van der Waals surface area contributed by atoms with Gasteiger partial charge in [-0.2, -0.15) is 0 Å². The van der Waals surface area contributed by atoms with Gasteiger partial charge in [0.1, 0.15) is 11.2 Å². The Kier molecular flexibility index (Phi) is 6.83. The van der Waals surface area contributed by atoms with Crippen molar-refractivity contribution >= 4 is 66.0 Å². The molecule has 170 valence electrons. The Morgan fingerprint density at radius 2 is 1.27 bits per heavy atom. The maximum Gasteiger partial charge on any atom is 0.215 e. The molecule has 3 nitrogen and oxygen atoms in total. The van der Waals surface area contributed by atoms with Crippen LogP contribution >= 0.6 is 55.1 Å². The van der Waals surface area contributed by atoms with Gasteiger partial charge in [0.2, 0.25) is 5.88 Å². The monoisotopic (exact) mass is 607 g/mol. The summed E-state index contributed by atoms with van der Waals surface area (Å²) in [4.78, 5) is 4.70. The number of ether oxygens (including phenoxy) is 1. The van der Waals surface area contributed by atoms with Gasteiger partial charge >= 0.3 is 0 Å². The second-order valence-electron chi connectivity index (χ2n) is 8.74. The SMILES string of the molecule is CC(C)(C)Oc1cc(Br)c2cc(C(O)(c3ccc(Cl)cc3)c3ccc(Cl)cc3)cc(Br)c2n1. The van der Waals surface area contributed by atoms with Crippen molar-refractivity contribution in [1.82, 2.24) is 4.98 Å². The third-order valence-corrected chi connectivity index (χ3v) is 6.91. The van der Waals surface area contributed by atoms with Crippen LogP contribution < -0.4 is 4.74 Å². The second kappa shape index (κ2) is 9.20. The Morgan fingerprint density at radius 1 is 0.758 bits per heavy atom. The topological polar surface area (TPSA) is 42.4 Å². The molecule has 4 aromatic rings. The van der Waals surface area contributed by atoms with E-state index < -0.39 is 5.60 Å². The lowest BCUT2D eigenvalue weighted by molar-refractivity contribution is 0.124. The van der Waals surface area contributed by atoms with Crippen molar-refractivity contribution in [3.05, 3.63) is 102 Å². The van der Waals surface area contributed by atoms with E-state index >= 15 is 0 Å². The summed E-state index contributed by atoms with van der Waals surface area (Å²) in [6, 6.07) is 20.0. The first kappa shape index (κ1) is 24.5. The van der Waals surface area contributed by atoms with Crippen LogP contribution in [-0.2, 0) is 5.60 Å². The summed E-state index contributed by atoms with van der Waals surface area (Å²) < 4.78 is 7.51. The Morgan fingerprint density at radius 3 is 1.76 bits per heavy atom. The molecule has 0 fully saturated rings. The predicted octanol–water partition coefficient (Wildman–Crippen LogP) is 8.53. The van der Waals surface area contributed by atoms with Crippen molar-refractivity contribution in [2.24, 2.45) is 0 Å². The average Bonchev–Trinajstić information content (AvgIpc) is 2.73. The number of benzene rings is 3. The first-order chi connectivity index (χ1) is 15.5. The van der Waals surface area contributed by atoms with Crippen LogP contribution in [0.25, 0.3) is 10.9 Å². The fourth-order valence-corrected chi connectivity index (χ4v) is 4.98. The molecule has 0 aliphatic carbocycles. The third kappa shape index (κ3) is 5.08. The molecule has 1 heterocycles. The molecule has 33 heavy (non-hydrogen) atoms. The number of hydrogen-bond acceptors (Lipinski definition) is 3. The molecular weight excluding hydrogens is 589 g/mol. The first-order valence-corrected chi connectivity index (χ1v) is 12.6. The molecule has 0 saturated heterocycles. The van der Waals surface area contributed by atoms with Crippen molar-refractivity contribution in [3.8, 4) is 5.88 Å². The van der Waals surface area contributed by atoms with E-state index in [0.717, 1.165) is 19.8 Å². The van der Waals surface area contributed by atoms with Gasteiger partial charge in [-0.05, 0) is 106 Å². The van der Waals surface area contributed by atoms with Gasteiger partial charge in [0.15, 0.2) is 0 Å². The lowest BCUT2D eigenvalue weighted by atomic mass is 9.80. The third-order valence-electron chi connectivity index (χ3n) is 5.15. The van der Waals surface area contributed by atoms with E-state index in [1.54, 1.807) is 24.3 Å². The summed E-state index contributed by atoms with van der Waals surface area (Å²) in [5.41, 5.74) is 0.914. The average molecular weight is 610 g/mol. The highest BCUT2D eigenvalue weighted by atomic mass is 79.9. The molecule has 3 aromatic carbocycles.